The van der Waals surface area contributed by atoms with E-state index in [2.05, 4.69) is 17.6 Å². The van der Waals surface area contributed by atoms with E-state index in [1.165, 1.54) is 11.8 Å². The lowest BCUT2D eigenvalue weighted by Crippen LogP contribution is -2.41. The van der Waals surface area contributed by atoms with Crippen LogP contribution in [0.3, 0.4) is 0 Å². The van der Waals surface area contributed by atoms with Crippen LogP contribution in [0.25, 0.3) is 11.0 Å². The number of aryl methyl sites for hydroxylation is 1. The van der Waals surface area contributed by atoms with Crippen LogP contribution in [0.5, 0.6) is 0 Å². The third-order valence-corrected chi connectivity index (χ3v) is 5.87. The summed E-state index contributed by atoms with van der Waals surface area (Å²) < 4.78 is 2.06. The van der Waals surface area contributed by atoms with E-state index in [4.69, 9.17) is 10.2 Å². The van der Waals surface area contributed by atoms with Crippen molar-refractivity contribution in [2.75, 3.05) is 13.1 Å². The number of hydrogen-bond acceptors (Lipinski definition) is 4. The molecular formula is C19H24N4OS. The molecule has 0 N–H and O–H groups in total. The first kappa shape index (κ1) is 17.8. The van der Waals surface area contributed by atoms with Gasteiger partial charge in [0.25, 0.3) is 0 Å². The maximum Gasteiger partial charge on any atom is 0.235 e. The van der Waals surface area contributed by atoms with Crippen LogP contribution < -0.4 is 0 Å². The molecule has 2 aromatic rings. The van der Waals surface area contributed by atoms with Crippen molar-refractivity contribution in [1.29, 1.82) is 5.26 Å². The van der Waals surface area contributed by atoms with Crippen molar-refractivity contribution in [2.45, 2.75) is 50.1 Å². The second kappa shape index (κ2) is 7.92. The van der Waals surface area contributed by atoms with E-state index >= 15 is 0 Å². The molecule has 6 heteroatoms. The number of aromatic nitrogens is 2. The maximum absolute atomic E-state index is 12.8. The Morgan fingerprint density at radius 2 is 2.12 bits per heavy atom. The molecule has 0 saturated carbocycles. The number of para-hydroxylation sites is 2. The van der Waals surface area contributed by atoms with Gasteiger partial charge in [-0.05, 0) is 37.8 Å². The van der Waals surface area contributed by atoms with Crippen LogP contribution in [0.2, 0.25) is 0 Å². The van der Waals surface area contributed by atoms with Crippen molar-refractivity contribution in [1.82, 2.24) is 14.5 Å². The maximum atomic E-state index is 12.8. The van der Waals surface area contributed by atoms with Crippen LogP contribution in [0, 0.1) is 17.2 Å². The van der Waals surface area contributed by atoms with Gasteiger partial charge in [0.15, 0.2) is 5.16 Å². The van der Waals surface area contributed by atoms with Gasteiger partial charge in [-0.3, -0.25) is 4.79 Å². The molecule has 5 nitrogen and oxygen atoms in total. The molecule has 1 saturated heterocycles. The molecular weight excluding hydrogens is 332 g/mol. The number of benzene rings is 1. The summed E-state index contributed by atoms with van der Waals surface area (Å²) in [4.78, 5) is 19.4. The largest absolute Gasteiger partial charge is 0.342 e. The van der Waals surface area contributed by atoms with Crippen molar-refractivity contribution >= 4 is 28.7 Å². The Hall–Kier alpha value is -2.00. The highest BCUT2D eigenvalue weighted by Crippen LogP contribution is 2.29. The fourth-order valence-corrected chi connectivity index (χ4v) is 4.25. The van der Waals surface area contributed by atoms with E-state index in [-0.39, 0.29) is 11.2 Å². The fourth-order valence-electron chi connectivity index (χ4n) is 3.22. The summed E-state index contributed by atoms with van der Waals surface area (Å²) in [5, 5.41) is 9.59. The Labute approximate surface area is 153 Å². The molecule has 1 aliphatic heterocycles. The minimum atomic E-state index is -0.175. The topological polar surface area (TPSA) is 61.9 Å². The minimum absolute atomic E-state index is 0.175. The number of nitrogens with zero attached hydrogens (tertiary/aromatic N) is 4. The van der Waals surface area contributed by atoms with Crippen molar-refractivity contribution in [3.8, 4) is 6.07 Å². The van der Waals surface area contributed by atoms with Crippen LogP contribution in [-0.2, 0) is 11.3 Å². The summed E-state index contributed by atoms with van der Waals surface area (Å²) in [5.74, 6) is 0.901. The number of likely N-dealkylation sites (tertiary alicyclic amines) is 1. The zero-order valence-corrected chi connectivity index (χ0v) is 15.6. The molecule has 0 spiro atoms. The third-order valence-electron chi connectivity index (χ3n) is 4.79. The number of thioether (sulfide) groups is 1. The highest BCUT2D eigenvalue weighted by molar-refractivity contribution is 8.00. The van der Waals surface area contributed by atoms with Gasteiger partial charge >= 0.3 is 0 Å². The van der Waals surface area contributed by atoms with E-state index in [9.17, 15) is 4.79 Å². The summed E-state index contributed by atoms with van der Waals surface area (Å²) in [6.07, 6.45) is 2.61. The Bertz CT molecular complexity index is 786. The van der Waals surface area contributed by atoms with E-state index < -0.39 is 0 Å². The zero-order chi connectivity index (χ0) is 17.8. The second-order valence-corrected chi connectivity index (χ2v) is 8.02. The van der Waals surface area contributed by atoms with Gasteiger partial charge in [-0.2, -0.15) is 5.26 Å². The normalized spacial score (nSPS) is 16.8. The van der Waals surface area contributed by atoms with Gasteiger partial charge < -0.3 is 9.47 Å². The van der Waals surface area contributed by atoms with Crippen LogP contribution in [0.15, 0.2) is 29.4 Å². The first-order chi connectivity index (χ1) is 12.1. The quantitative estimate of drug-likeness (QED) is 0.767. The Morgan fingerprint density at radius 3 is 2.84 bits per heavy atom. The molecule has 1 aromatic carbocycles. The zero-order valence-electron chi connectivity index (χ0n) is 14.8. The highest BCUT2D eigenvalue weighted by atomic mass is 32.2. The lowest BCUT2D eigenvalue weighted by atomic mass is 9.99. The smallest absolute Gasteiger partial charge is 0.235 e. The summed E-state index contributed by atoms with van der Waals surface area (Å²) in [6, 6.07) is 10.1. The van der Waals surface area contributed by atoms with Gasteiger partial charge in [0.2, 0.25) is 5.91 Å². The molecule has 0 bridgehead atoms. The molecule has 1 fully saturated rings. The van der Waals surface area contributed by atoms with Gasteiger partial charge in [0.05, 0.1) is 28.8 Å². The first-order valence-corrected chi connectivity index (χ1v) is 9.75. The average molecular weight is 356 g/mol. The predicted molar refractivity (Wildman–Crippen MR) is 100 cm³/mol. The molecule has 1 aromatic heterocycles. The van der Waals surface area contributed by atoms with Crippen molar-refractivity contribution in [2.24, 2.45) is 5.92 Å². The summed E-state index contributed by atoms with van der Waals surface area (Å²) >= 11 is 1.50. The Balaban J connectivity index is 1.77. The molecule has 1 amide bonds. The standard InChI is InChI=1S/C19H24N4OS/c1-14-8-12-22(13-9-14)18(24)15(2)25-19-21-16-6-3-4-7-17(16)23(19)11-5-10-20/h3-4,6-7,14-15H,5,8-9,11-13H2,1-2H3. The van der Waals surface area contributed by atoms with Crippen molar-refractivity contribution in [3.05, 3.63) is 24.3 Å². The molecule has 1 aliphatic rings. The third kappa shape index (κ3) is 3.98. The Kier molecular flexibility index (Phi) is 5.64. The number of amides is 1. The molecule has 0 aliphatic carbocycles. The number of fused-ring (bicyclic) bond motifs is 1. The van der Waals surface area contributed by atoms with Crippen LogP contribution in [0.1, 0.15) is 33.1 Å². The number of carbonyl (C=O) groups excluding carboxylic acids is 1. The van der Waals surface area contributed by atoms with E-state index in [0.717, 1.165) is 42.1 Å². The van der Waals surface area contributed by atoms with Gasteiger partial charge in [0, 0.05) is 19.6 Å². The minimum Gasteiger partial charge on any atom is -0.342 e. The monoisotopic (exact) mass is 356 g/mol. The molecule has 25 heavy (non-hydrogen) atoms. The van der Waals surface area contributed by atoms with E-state index in [1.54, 1.807) is 0 Å². The van der Waals surface area contributed by atoms with E-state index in [0.29, 0.717) is 18.9 Å². The molecule has 0 radical (unpaired) electrons. The van der Waals surface area contributed by atoms with Gasteiger partial charge in [-0.25, -0.2) is 4.98 Å². The first-order valence-electron chi connectivity index (χ1n) is 8.88. The molecule has 3 rings (SSSR count). The predicted octanol–water partition coefficient (Wildman–Crippen LogP) is 3.69. The van der Waals surface area contributed by atoms with Crippen LogP contribution >= 0.6 is 11.8 Å². The SMILES string of the molecule is CC1CCN(C(=O)C(C)Sc2nc3ccccc3n2CCC#N)CC1. The van der Waals surface area contributed by atoms with Gasteiger partial charge in [-0.1, -0.05) is 30.8 Å². The van der Waals surface area contributed by atoms with E-state index in [1.807, 2.05) is 36.1 Å². The number of nitriles is 1. The number of hydrogen-bond donors (Lipinski definition) is 0. The van der Waals surface area contributed by atoms with Gasteiger partial charge in [-0.15, -0.1) is 0 Å². The lowest BCUT2D eigenvalue weighted by Gasteiger charge is -2.32. The highest BCUT2D eigenvalue weighted by Gasteiger charge is 2.26. The van der Waals surface area contributed by atoms with Crippen molar-refractivity contribution in [3.63, 3.8) is 0 Å². The van der Waals surface area contributed by atoms with Crippen molar-refractivity contribution < 1.29 is 4.79 Å². The summed E-state index contributed by atoms with van der Waals surface area (Å²) in [7, 11) is 0. The Morgan fingerprint density at radius 1 is 1.40 bits per heavy atom. The molecule has 1 unspecified atom stereocenters. The number of carbonyl (C=O) groups is 1. The molecule has 2 heterocycles. The fraction of sp³-hybridized carbons (Fsp3) is 0.526. The molecule has 132 valence electrons. The number of piperidine rings is 1. The van der Waals surface area contributed by atoms with Gasteiger partial charge in [0.1, 0.15) is 0 Å². The average Bonchev–Trinajstić information content (AvgIpc) is 2.97. The number of imidazole rings is 1. The second-order valence-electron chi connectivity index (χ2n) is 6.71. The summed E-state index contributed by atoms with van der Waals surface area (Å²) in [5.41, 5.74) is 1.93. The lowest BCUT2D eigenvalue weighted by molar-refractivity contribution is -0.131. The molecule has 1 atom stereocenters. The number of rotatable bonds is 5. The summed E-state index contributed by atoms with van der Waals surface area (Å²) in [6.45, 7) is 6.52. The van der Waals surface area contributed by atoms with Crippen LogP contribution in [-0.4, -0.2) is 38.7 Å². The van der Waals surface area contributed by atoms with Crippen LogP contribution in [0.4, 0.5) is 0 Å².